The molecule has 0 spiro atoms. The molecule has 0 saturated heterocycles. The number of nitrogens with one attached hydrogen (secondary N) is 2. The van der Waals surface area contributed by atoms with Crippen molar-refractivity contribution in [3.8, 4) is 0 Å². The second kappa shape index (κ2) is 16.1. The Bertz CT molecular complexity index is 1010. The maximum atomic E-state index is 13.3. The quantitative estimate of drug-likeness (QED) is 0.259. The monoisotopic (exact) mass is 572 g/mol. The van der Waals surface area contributed by atoms with E-state index in [-0.39, 0.29) is 25.2 Å². The van der Waals surface area contributed by atoms with E-state index < -0.39 is 78.4 Å². The van der Waals surface area contributed by atoms with Crippen LogP contribution >= 0.6 is 0 Å². The van der Waals surface area contributed by atoms with Crippen molar-refractivity contribution < 1.29 is 47.0 Å². The van der Waals surface area contributed by atoms with Gasteiger partial charge in [0.05, 0.1) is 31.5 Å². The van der Waals surface area contributed by atoms with Crippen molar-refractivity contribution in [1.29, 1.82) is 0 Å². The minimum Gasteiger partial charge on any atom is -0.469 e. The maximum absolute atomic E-state index is 13.3. The summed E-state index contributed by atoms with van der Waals surface area (Å²) in [6, 6.07) is 5.89. The molecular weight excluding hydrogens is 533 g/mol. The van der Waals surface area contributed by atoms with Gasteiger partial charge in [-0.1, -0.05) is 51.1 Å². The summed E-state index contributed by atoms with van der Waals surface area (Å²) >= 11 is 0. The highest BCUT2D eigenvalue weighted by Crippen LogP contribution is 2.25. The minimum absolute atomic E-state index is 0.0802. The number of amides is 2. The Morgan fingerprint density at radius 1 is 0.950 bits per heavy atom. The summed E-state index contributed by atoms with van der Waals surface area (Å²) in [6.07, 6.45) is -9.20. The number of aliphatic hydroxyl groups excluding tert-OH is 1. The number of hydrogen-bond acceptors (Lipinski definition) is 7. The molecular formula is C28H39F3N2O7. The van der Waals surface area contributed by atoms with Gasteiger partial charge in [-0.05, 0) is 31.2 Å². The molecule has 9 nitrogen and oxygen atoms in total. The normalized spacial score (nSPS) is 15.3. The zero-order valence-corrected chi connectivity index (χ0v) is 23.4. The summed E-state index contributed by atoms with van der Waals surface area (Å²) < 4.78 is 44.1. The van der Waals surface area contributed by atoms with Gasteiger partial charge in [0.1, 0.15) is 5.78 Å². The number of hydrogen-bond donors (Lipinski definition) is 3. The van der Waals surface area contributed by atoms with Crippen LogP contribution in [0.2, 0.25) is 0 Å². The molecule has 2 unspecified atom stereocenters. The van der Waals surface area contributed by atoms with Crippen molar-refractivity contribution in [2.45, 2.75) is 84.2 Å². The lowest BCUT2D eigenvalue weighted by molar-refractivity contribution is -0.213. The largest absolute Gasteiger partial charge is 0.469 e. The number of methoxy groups -OCH3 is 1. The molecule has 0 aliphatic heterocycles. The molecule has 1 aromatic carbocycles. The van der Waals surface area contributed by atoms with E-state index in [9.17, 15) is 42.3 Å². The number of rotatable bonds is 16. The van der Waals surface area contributed by atoms with Crippen LogP contribution in [0.4, 0.5) is 13.2 Å². The fourth-order valence-corrected chi connectivity index (χ4v) is 4.03. The molecule has 0 saturated carbocycles. The highest BCUT2D eigenvalue weighted by molar-refractivity contribution is 5.93. The molecule has 2 amide bonds. The Morgan fingerprint density at radius 3 is 2.05 bits per heavy atom. The molecule has 1 aromatic rings. The standard InChI is InChI=1S/C28H39F3N2O7/c1-16(2)20(15-24(36)40-5)27(39)33-22(14-19-9-7-6-8-10-19)23(35)13-17(3)26(38)32-21(12-11-18(4)34)25(37)28(29,30)31/h6-10,16-17,20-22,25,37H,11-15H2,1-5H3,(H,32,38)(H,33,39)/t17-,20+,21?,22+,25?/m1/s1. The molecule has 0 aliphatic rings. The van der Waals surface area contributed by atoms with Gasteiger partial charge in [0, 0.05) is 18.8 Å². The molecule has 0 fully saturated rings. The lowest BCUT2D eigenvalue weighted by Crippen LogP contribution is -2.52. The predicted octanol–water partition coefficient (Wildman–Crippen LogP) is 2.92. The lowest BCUT2D eigenvalue weighted by Gasteiger charge is -2.27. The van der Waals surface area contributed by atoms with Crippen LogP contribution in [-0.2, 0) is 35.1 Å². The van der Waals surface area contributed by atoms with E-state index >= 15 is 0 Å². The van der Waals surface area contributed by atoms with Gasteiger partial charge in [0.2, 0.25) is 11.8 Å². The SMILES string of the molecule is COC(=O)C[C@H](C(=O)N[C@@H](Cc1ccccc1)C(=O)C[C@@H](C)C(=O)NC(CCC(C)=O)C(O)C(F)(F)F)C(C)C. The van der Waals surface area contributed by atoms with E-state index in [1.54, 1.807) is 44.2 Å². The summed E-state index contributed by atoms with van der Waals surface area (Å²) in [7, 11) is 1.20. The molecule has 0 aliphatic carbocycles. The molecule has 224 valence electrons. The Morgan fingerprint density at radius 2 is 1.55 bits per heavy atom. The van der Waals surface area contributed by atoms with Crippen LogP contribution in [-0.4, -0.2) is 65.9 Å². The summed E-state index contributed by atoms with van der Waals surface area (Å²) in [5.41, 5.74) is 0.713. The Hall–Kier alpha value is -3.28. The molecule has 5 atom stereocenters. The first kappa shape index (κ1) is 34.7. The number of carbonyl (C=O) groups is 5. The van der Waals surface area contributed by atoms with Gasteiger partial charge in [-0.25, -0.2) is 0 Å². The molecule has 3 N–H and O–H groups in total. The predicted molar refractivity (Wildman–Crippen MR) is 140 cm³/mol. The Kier molecular flexibility index (Phi) is 14.0. The number of ether oxygens (including phenoxy) is 1. The van der Waals surface area contributed by atoms with Gasteiger partial charge in [-0.3, -0.25) is 19.2 Å². The van der Waals surface area contributed by atoms with E-state index in [1.165, 1.54) is 21.0 Å². The maximum Gasteiger partial charge on any atom is 0.416 e. The third-order valence-corrected chi connectivity index (χ3v) is 6.55. The first-order valence-electron chi connectivity index (χ1n) is 13.0. The number of benzene rings is 1. The van der Waals surface area contributed by atoms with E-state index in [0.29, 0.717) is 5.56 Å². The molecule has 0 bridgehead atoms. The first-order chi connectivity index (χ1) is 18.6. The molecule has 1 rings (SSSR count). The van der Waals surface area contributed by atoms with Gasteiger partial charge < -0.3 is 25.3 Å². The van der Waals surface area contributed by atoms with E-state index in [4.69, 9.17) is 0 Å². The number of Topliss-reactive ketones (excluding diaryl/α,β-unsaturated/α-hetero) is 2. The van der Waals surface area contributed by atoms with Crippen molar-refractivity contribution in [1.82, 2.24) is 10.6 Å². The Labute approximate surface area is 232 Å². The summed E-state index contributed by atoms with van der Waals surface area (Å²) in [4.78, 5) is 62.3. The molecule has 0 radical (unpaired) electrons. The highest BCUT2D eigenvalue weighted by Gasteiger charge is 2.44. The number of ketones is 2. The molecule has 0 aromatic heterocycles. The van der Waals surface area contributed by atoms with Crippen LogP contribution < -0.4 is 10.6 Å². The first-order valence-corrected chi connectivity index (χ1v) is 13.0. The summed E-state index contributed by atoms with van der Waals surface area (Å²) in [6.45, 7) is 6.00. The van der Waals surface area contributed by atoms with Gasteiger partial charge >= 0.3 is 12.1 Å². The van der Waals surface area contributed by atoms with Crippen LogP contribution in [0.1, 0.15) is 58.9 Å². The Balaban J connectivity index is 3.08. The number of halogens is 3. The van der Waals surface area contributed by atoms with Crippen LogP contribution in [0.15, 0.2) is 30.3 Å². The molecule has 40 heavy (non-hydrogen) atoms. The van der Waals surface area contributed by atoms with Crippen molar-refractivity contribution >= 4 is 29.4 Å². The van der Waals surface area contributed by atoms with Crippen LogP contribution in [0, 0.1) is 17.8 Å². The highest BCUT2D eigenvalue weighted by atomic mass is 19.4. The van der Waals surface area contributed by atoms with Crippen molar-refractivity contribution in [2.75, 3.05) is 7.11 Å². The minimum atomic E-state index is -5.03. The van der Waals surface area contributed by atoms with Gasteiger partial charge in [0.15, 0.2) is 11.9 Å². The van der Waals surface area contributed by atoms with Gasteiger partial charge in [-0.15, -0.1) is 0 Å². The third kappa shape index (κ3) is 11.8. The fourth-order valence-electron chi connectivity index (χ4n) is 4.03. The van der Waals surface area contributed by atoms with E-state index in [2.05, 4.69) is 15.4 Å². The zero-order chi connectivity index (χ0) is 30.6. The number of carbonyl (C=O) groups excluding carboxylic acids is 5. The van der Waals surface area contributed by atoms with Crippen LogP contribution in [0.5, 0.6) is 0 Å². The average Bonchev–Trinajstić information content (AvgIpc) is 2.87. The topological polar surface area (TPSA) is 139 Å². The van der Waals surface area contributed by atoms with Crippen molar-refractivity contribution in [3.05, 3.63) is 35.9 Å². The van der Waals surface area contributed by atoms with Crippen LogP contribution in [0.3, 0.4) is 0 Å². The van der Waals surface area contributed by atoms with E-state index in [0.717, 1.165) is 0 Å². The average molecular weight is 573 g/mol. The number of esters is 1. The lowest BCUT2D eigenvalue weighted by atomic mass is 9.90. The third-order valence-electron chi connectivity index (χ3n) is 6.55. The van der Waals surface area contributed by atoms with E-state index in [1.807, 2.05) is 0 Å². The fraction of sp³-hybridized carbons (Fsp3) is 0.607. The van der Waals surface area contributed by atoms with Crippen molar-refractivity contribution in [2.24, 2.45) is 17.8 Å². The number of alkyl halides is 3. The van der Waals surface area contributed by atoms with Gasteiger partial charge in [-0.2, -0.15) is 13.2 Å². The van der Waals surface area contributed by atoms with Crippen molar-refractivity contribution in [3.63, 3.8) is 0 Å². The smallest absolute Gasteiger partial charge is 0.416 e. The molecule has 12 heteroatoms. The zero-order valence-electron chi connectivity index (χ0n) is 23.4. The summed E-state index contributed by atoms with van der Waals surface area (Å²) in [5, 5.41) is 14.5. The second-order valence-corrected chi connectivity index (χ2v) is 10.3. The second-order valence-electron chi connectivity index (χ2n) is 10.3. The van der Waals surface area contributed by atoms with Crippen LogP contribution in [0.25, 0.3) is 0 Å². The number of aliphatic hydroxyl groups is 1. The van der Waals surface area contributed by atoms with Gasteiger partial charge in [0.25, 0.3) is 0 Å². The molecule has 0 heterocycles. The summed E-state index contributed by atoms with van der Waals surface area (Å²) in [5.74, 6) is -5.18.